The second-order valence-corrected chi connectivity index (χ2v) is 4.15. The lowest BCUT2D eigenvalue weighted by atomic mass is 10.3. The Hall–Kier alpha value is -0.780. The van der Waals surface area contributed by atoms with E-state index in [0.29, 0.717) is 10.8 Å². The van der Waals surface area contributed by atoms with Gasteiger partial charge in [-0.15, -0.1) is 0 Å². The van der Waals surface area contributed by atoms with Gasteiger partial charge < -0.3 is 15.6 Å². The molecule has 0 aromatic heterocycles. The third-order valence-electron chi connectivity index (χ3n) is 1.63. The first-order valence-electron chi connectivity index (χ1n) is 4.07. The number of aliphatic carboxylic acids is 1. The molecule has 4 nitrogen and oxygen atoms in total. The van der Waals surface area contributed by atoms with E-state index < -0.39 is 12.0 Å². The monoisotopic (exact) mass is 293 g/mol. The van der Waals surface area contributed by atoms with E-state index >= 15 is 0 Å². The van der Waals surface area contributed by atoms with Gasteiger partial charge in [0.15, 0.2) is 0 Å². The maximum absolute atomic E-state index is 10.4. The molecule has 0 radical (unpaired) electrons. The predicted molar refractivity (Wildman–Crippen MR) is 60.3 cm³/mol. The predicted octanol–water partition coefficient (Wildman–Crippen LogP) is 1.89. The summed E-state index contributed by atoms with van der Waals surface area (Å²) in [6.07, 6.45) is 0. The van der Waals surface area contributed by atoms with E-state index in [4.69, 9.17) is 27.2 Å². The van der Waals surface area contributed by atoms with Gasteiger partial charge in [0.1, 0.15) is 18.4 Å². The number of carboxylic acids is 1. The van der Waals surface area contributed by atoms with Gasteiger partial charge in [-0.1, -0.05) is 27.5 Å². The molecule has 1 rings (SSSR count). The van der Waals surface area contributed by atoms with E-state index in [1.54, 1.807) is 18.2 Å². The smallest absolute Gasteiger partial charge is 0.324 e. The minimum absolute atomic E-state index is 0.120. The largest absolute Gasteiger partial charge is 0.490 e. The zero-order valence-corrected chi connectivity index (χ0v) is 9.96. The van der Waals surface area contributed by atoms with Crippen molar-refractivity contribution in [2.45, 2.75) is 6.04 Å². The maximum atomic E-state index is 10.4. The first-order chi connectivity index (χ1) is 7.00. The van der Waals surface area contributed by atoms with Crippen molar-refractivity contribution < 1.29 is 14.6 Å². The second-order valence-electron chi connectivity index (χ2n) is 2.83. The Morgan fingerprint density at radius 3 is 2.93 bits per heavy atom. The molecule has 1 aromatic rings. The van der Waals surface area contributed by atoms with Crippen molar-refractivity contribution in [1.29, 1.82) is 0 Å². The zero-order valence-electron chi connectivity index (χ0n) is 7.61. The van der Waals surface area contributed by atoms with Crippen LogP contribution in [0.1, 0.15) is 0 Å². The molecule has 1 aromatic carbocycles. The highest BCUT2D eigenvalue weighted by Gasteiger charge is 2.13. The molecule has 1 unspecified atom stereocenters. The van der Waals surface area contributed by atoms with Crippen LogP contribution in [0, 0.1) is 0 Å². The number of hydrogen-bond donors (Lipinski definition) is 2. The summed E-state index contributed by atoms with van der Waals surface area (Å²) >= 11 is 9.07. The van der Waals surface area contributed by atoms with Crippen LogP contribution in [0.25, 0.3) is 0 Å². The van der Waals surface area contributed by atoms with E-state index in [1.807, 2.05) is 0 Å². The number of benzene rings is 1. The van der Waals surface area contributed by atoms with Crippen molar-refractivity contribution >= 4 is 33.5 Å². The number of rotatable bonds is 4. The molecule has 0 bridgehead atoms. The van der Waals surface area contributed by atoms with Crippen molar-refractivity contribution in [3.05, 3.63) is 27.7 Å². The second kappa shape index (κ2) is 5.34. The van der Waals surface area contributed by atoms with Gasteiger partial charge in [0.2, 0.25) is 0 Å². The van der Waals surface area contributed by atoms with Crippen LogP contribution in [0.4, 0.5) is 0 Å². The van der Waals surface area contributed by atoms with Crippen LogP contribution in [0.3, 0.4) is 0 Å². The quantitative estimate of drug-likeness (QED) is 0.889. The zero-order chi connectivity index (χ0) is 11.4. The number of nitrogens with two attached hydrogens (primary N) is 1. The summed E-state index contributed by atoms with van der Waals surface area (Å²) in [5, 5.41) is 8.95. The number of ether oxygens (including phenoxy) is 1. The molecule has 3 N–H and O–H groups in total. The molecule has 0 fully saturated rings. The van der Waals surface area contributed by atoms with E-state index in [9.17, 15) is 4.79 Å². The Labute approximate surface area is 100 Å². The molecule has 0 saturated carbocycles. The summed E-state index contributed by atoms with van der Waals surface area (Å²) in [7, 11) is 0. The highest BCUT2D eigenvalue weighted by atomic mass is 79.9. The van der Waals surface area contributed by atoms with Crippen LogP contribution in [0.5, 0.6) is 5.75 Å². The molecule has 0 aliphatic heterocycles. The minimum Gasteiger partial charge on any atom is -0.490 e. The molecular weight excluding hydrogens is 285 g/mol. The lowest BCUT2D eigenvalue weighted by Gasteiger charge is -2.10. The van der Waals surface area contributed by atoms with Gasteiger partial charge in [-0.25, -0.2) is 0 Å². The molecule has 0 aliphatic rings. The highest BCUT2D eigenvalue weighted by molar-refractivity contribution is 9.10. The fraction of sp³-hybridized carbons (Fsp3) is 0.222. The molecule has 82 valence electrons. The Balaban J connectivity index is 2.65. The standard InChI is InChI=1S/C9H9BrClNO3/c10-5-1-2-6(11)8(3-5)15-4-7(12)9(13)14/h1-3,7H,4,12H2,(H,13,14). The molecule has 6 heteroatoms. The van der Waals surface area contributed by atoms with Crippen molar-refractivity contribution in [3.8, 4) is 5.75 Å². The Morgan fingerprint density at radius 2 is 2.33 bits per heavy atom. The van der Waals surface area contributed by atoms with E-state index in [1.165, 1.54) is 0 Å². The van der Waals surface area contributed by atoms with Crippen LogP contribution in [0.15, 0.2) is 22.7 Å². The van der Waals surface area contributed by atoms with Gasteiger partial charge in [0.25, 0.3) is 0 Å². The summed E-state index contributed by atoms with van der Waals surface area (Å²) in [4.78, 5) is 10.4. The van der Waals surface area contributed by atoms with Gasteiger partial charge in [-0.2, -0.15) is 0 Å². The molecule has 0 saturated heterocycles. The van der Waals surface area contributed by atoms with Crippen molar-refractivity contribution in [3.63, 3.8) is 0 Å². The number of carboxylic acid groups (broad SMARTS) is 1. The van der Waals surface area contributed by atoms with Crippen molar-refractivity contribution in [2.24, 2.45) is 5.73 Å². The molecule has 0 amide bonds. The third kappa shape index (κ3) is 3.70. The van der Waals surface area contributed by atoms with E-state index in [-0.39, 0.29) is 6.61 Å². The van der Waals surface area contributed by atoms with Gasteiger partial charge in [-0.3, -0.25) is 4.79 Å². The number of halogens is 2. The van der Waals surface area contributed by atoms with E-state index in [0.717, 1.165) is 4.47 Å². The summed E-state index contributed by atoms with van der Waals surface area (Å²) < 4.78 is 5.97. The molecular formula is C9H9BrClNO3. The molecule has 15 heavy (non-hydrogen) atoms. The fourth-order valence-electron chi connectivity index (χ4n) is 0.839. The normalized spacial score (nSPS) is 12.2. The number of hydrogen-bond acceptors (Lipinski definition) is 3. The molecule has 0 aliphatic carbocycles. The van der Waals surface area contributed by atoms with Gasteiger partial charge >= 0.3 is 5.97 Å². The van der Waals surface area contributed by atoms with Gasteiger partial charge in [0, 0.05) is 4.47 Å². The summed E-state index contributed by atoms with van der Waals surface area (Å²) in [6, 6.07) is 4.00. The summed E-state index contributed by atoms with van der Waals surface area (Å²) in [5.74, 6) is -0.705. The Kier molecular flexibility index (Phi) is 4.38. The Morgan fingerprint density at radius 1 is 1.67 bits per heavy atom. The van der Waals surface area contributed by atoms with Crippen molar-refractivity contribution in [2.75, 3.05) is 6.61 Å². The first-order valence-corrected chi connectivity index (χ1v) is 5.24. The lowest BCUT2D eigenvalue weighted by Crippen LogP contribution is -2.36. The molecule has 0 spiro atoms. The van der Waals surface area contributed by atoms with E-state index in [2.05, 4.69) is 15.9 Å². The maximum Gasteiger partial charge on any atom is 0.324 e. The topological polar surface area (TPSA) is 72.5 Å². The van der Waals surface area contributed by atoms with Crippen LogP contribution >= 0.6 is 27.5 Å². The van der Waals surface area contributed by atoms with Crippen LogP contribution in [-0.2, 0) is 4.79 Å². The minimum atomic E-state index is -1.11. The Bertz CT molecular complexity index is 372. The summed E-state index contributed by atoms with van der Waals surface area (Å²) in [5.41, 5.74) is 5.27. The SMILES string of the molecule is NC(COc1cc(Br)ccc1Cl)C(=O)O. The van der Waals surface area contributed by atoms with Gasteiger partial charge in [0.05, 0.1) is 5.02 Å². The molecule has 1 atom stereocenters. The lowest BCUT2D eigenvalue weighted by molar-refractivity contribution is -0.139. The third-order valence-corrected chi connectivity index (χ3v) is 2.43. The number of carbonyl (C=O) groups is 1. The average molecular weight is 295 g/mol. The van der Waals surface area contributed by atoms with Crippen molar-refractivity contribution in [1.82, 2.24) is 0 Å². The van der Waals surface area contributed by atoms with Crippen LogP contribution < -0.4 is 10.5 Å². The summed E-state index contributed by atoms with van der Waals surface area (Å²) in [6.45, 7) is -0.120. The van der Waals surface area contributed by atoms with Gasteiger partial charge in [-0.05, 0) is 18.2 Å². The first kappa shape index (κ1) is 12.3. The molecule has 0 heterocycles. The highest BCUT2D eigenvalue weighted by Crippen LogP contribution is 2.27. The van der Waals surface area contributed by atoms with Crippen LogP contribution in [0.2, 0.25) is 5.02 Å². The fourth-order valence-corrected chi connectivity index (χ4v) is 1.35. The average Bonchev–Trinajstić information content (AvgIpc) is 2.18. The van der Waals surface area contributed by atoms with Crippen LogP contribution in [-0.4, -0.2) is 23.7 Å².